The first-order chi connectivity index (χ1) is 6.85. The largest absolute Gasteiger partial charge is 0.544 e. The summed E-state index contributed by atoms with van der Waals surface area (Å²) in [6, 6.07) is 2.51. The van der Waals surface area contributed by atoms with Gasteiger partial charge in [0.15, 0.2) is 6.04 Å². The minimum Gasteiger partial charge on any atom is -0.544 e. The van der Waals surface area contributed by atoms with Gasteiger partial charge in [-0.2, -0.15) is 8.78 Å². The molecule has 6 heteroatoms. The average Bonchev–Trinajstić information content (AvgIpc) is 2.17. The van der Waals surface area contributed by atoms with Crippen molar-refractivity contribution in [2.24, 2.45) is 0 Å². The van der Waals surface area contributed by atoms with Crippen molar-refractivity contribution in [3.05, 3.63) is 34.9 Å². The molecule has 1 atom stereocenters. The second-order valence-corrected chi connectivity index (χ2v) is 3.44. The molecule has 82 valence electrons. The number of aliphatic carboxylic acids is 1. The van der Waals surface area contributed by atoms with Crippen LogP contribution in [0.15, 0.2) is 24.3 Å². The number of rotatable bonds is 3. The maximum Gasteiger partial charge on any atom is 0.328 e. The lowest BCUT2D eigenvalue weighted by atomic mass is 10.0. The van der Waals surface area contributed by atoms with Crippen molar-refractivity contribution in [2.75, 3.05) is 0 Å². The first-order valence-electron chi connectivity index (χ1n) is 4.03. The summed E-state index contributed by atoms with van der Waals surface area (Å²) >= 11 is 5.51. The Morgan fingerprint density at radius 3 is 2.27 bits per heavy atom. The SMILES string of the molecule is [NH3+][C@H](C(=O)[O-])C(F)(F)c1ccc(Cl)cc1. The molecule has 0 spiro atoms. The maximum absolute atomic E-state index is 13.4. The van der Waals surface area contributed by atoms with Gasteiger partial charge in [-0.05, 0) is 12.1 Å². The Labute approximate surface area is 89.5 Å². The van der Waals surface area contributed by atoms with Crippen molar-refractivity contribution in [1.29, 1.82) is 0 Å². The van der Waals surface area contributed by atoms with Gasteiger partial charge in [0.05, 0.1) is 0 Å². The predicted octanol–water partition coefficient (Wildman–Crippen LogP) is -0.208. The van der Waals surface area contributed by atoms with Gasteiger partial charge < -0.3 is 15.6 Å². The highest BCUT2D eigenvalue weighted by Gasteiger charge is 2.43. The Balaban J connectivity index is 3.05. The van der Waals surface area contributed by atoms with Crippen LogP contribution in [-0.2, 0) is 10.7 Å². The molecule has 1 aromatic rings. The van der Waals surface area contributed by atoms with Gasteiger partial charge in [0.1, 0.15) is 5.97 Å². The molecular weight excluding hydrogens is 228 g/mol. The second kappa shape index (κ2) is 4.12. The van der Waals surface area contributed by atoms with Crippen LogP contribution >= 0.6 is 11.6 Å². The number of benzene rings is 1. The van der Waals surface area contributed by atoms with Gasteiger partial charge in [-0.3, -0.25) is 0 Å². The maximum atomic E-state index is 13.4. The molecule has 3 nitrogen and oxygen atoms in total. The molecule has 0 saturated carbocycles. The highest BCUT2D eigenvalue weighted by molar-refractivity contribution is 6.30. The highest BCUT2D eigenvalue weighted by atomic mass is 35.5. The van der Waals surface area contributed by atoms with Gasteiger partial charge in [-0.1, -0.05) is 23.7 Å². The fraction of sp³-hybridized carbons (Fsp3) is 0.222. The van der Waals surface area contributed by atoms with Crippen LogP contribution in [-0.4, -0.2) is 12.0 Å². The van der Waals surface area contributed by atoms with Crippen LogP contribution in [0.2, 0.25) is 5.02 Å². The highest BCUT2D eigenvalue weighted by Crippen LogP contribution is 2.30. The summed E-state index contributed by atoms with van der Waals surface area (Å²) in [7, 11) is 0. The summed E-state index contributed by atoms with van der Waals surface area (Å²) < 4.78 is 26.8. The first-order valence-corrected chi connectivity index (χ1v) is 4.41. The van der Waals surface area contributed by atoms with Crippen molar-refractivity contribution in [3.8, 4) is 0 Å². The molecule has 1 aromatic carbocycles. The summed E-state index contributed by atoms with van der Waals surface area (Å²) in [4.78, 5) is 10.3. The third kappa shape index (κ3) is 2.43. The molecule has 0 aliphatic heterocycles. The van der Waals surface area contributed by atoms with E-state index < -0.39 is 23.5 Å². The lowest BCUT2D eigenvalue weighted by Gasteiger charge is -2.21. The summed E-state index contributed by atoms with van der Waals surface area (Å²) in [5.74, 6) is -5.46. The third-order valence-corrected chi connectivity index (χ3v) is 2.20. The van der Waals surface area contributed by atoms with Crippen molar-refractivity contribution < 1.29 is 24.4 Å². The van der Waals surface area contributed by atoms with E-state index in [4.69, 9.17) is 11.6 Å². The van der Waals surface area contributed by atoms with Crippen LogP contribution in [0.3, 0.4) is 0 Å². The lowest BCUT2D eigenvalue weighted by molar-refractivity contribution is -0.474. The molecule has 0 aromatic heterocycles. The minimum atomic E-state index is -3.57. The molecule has 0 unspecified atom stereocenters. The van der Waals surface area contributed by atoms with Crippen LogP contribution in [0.25, 0.3) is 0 Å². The number of carboxylic acids is 1. The van der Waals surface area contributed by atoms with Gasteiger partial charge in [-0.25, -0.2) is 0 Å². The van der Waals surface area contributed by atoms with Crippen molar-refractivity contribution in [3.63, 3.8) is 0 Å². The molecular formula is C9H8ClF2NO2. The number of hydrogen-bond donors (Lipinski definition) is 1. The number of halogens is 3. The van der Waals surface area contributed by atoms with Crippen LogP contribution < -0.4 is 10.8 Å². The molecule has 0 bridgehead atoms. The van der Waals surface area contributed by atoms with Gasteiger partial charge in [0, 0.05) is 10.6 Å². The fourth-order valence-electron chi connectivity index (χ4n) is 1.02. The number of quaternary nitrogens is 1. The van der Waals surface area contributed by atoms with E-state index in [-0.39, 0.29) is 0 Å². The normalized spacial score (nSPS) is 13.6. The number of hydrogen-bond acceptors (Lipinski definition) is 2. The molecule has 0 aliphatic carbocycles. The van der Waals surface area contributed by atoms with Crippen LogP contribution in [0.5, 0.6) is 0 Å². The third-order valence-electron chi connectivity index (χ3n) is 1.95. The van der Waals surface area contributed by atoms with E-state index in [2.05, 4.69) is 5.73 Å². The number of carbonyl (C=O) groups is 1. The quantitative estimate of drug-likeness (QED) is 0.788. The van der Waals surface area contributed by atoms with Crippen molar-refractivity contribution >= 4 is 17.6 Å². The number of alkyl halides is 2. The van der Waals surface area contributed by atoms with E-state index in [1.807, 2.05) is 0 Å². The monoisotopic (exact) mass is 235 g/mol. The molecule has 0 aliphatic rings. The van der Waals surface area contributed by atoms with Gasteiger partial charge in [0.25, 0.3) is 0 Å². The Morgan fingerprint density at radius 1 is 1.40 bits per heavy atom. The van der Waals surface area contributed by atoms with E-state index in [1.54, 1.807) is 0 Å². The predicted molar refractivity (Wildman–Crippen MR) is 47.0 cm³/mol. The molecule has 0 saturated heterocycles. The summed E-state index contributed by atoms with van der Waals surface area (Å²) in [6.45, 7) is 0. The average molecular weight is 236 g/mol. The summed E-state index contributed by atoms with van der Waals surface area (Å²) in [5.41, 5.74) is 2.41. The lowest BCUT2D eigenvalue weighted by Crippen LogP contribution is -2.74. The van der Waals surface area contributed by atoms with Crippen molar-refractivity contribution in [2.45, 2.75) is 12.0 Å². The molecule has 0 fully saturated rings. The number of carboxylic acid groups (broad SMARTS) is 1. The molecule has 15 heavy (non-hydrogen) atoms. The van der Waals surface area contributed by atoms with Crippen LogP contribution in [0, 0.1) is 0 Å². The standard InChI is InChI=1S/C9H8ClF2NO2/c10-6-3-1-5(2-4-6)9(11,12)7(13)8(14)15/h1-4,7H,13H2,(H,14,15)/t7-/m1/s1. The topological polar surface area (TPSA) is 67.8 Å². The summed E-state index contributed by atoms with van der Waals surface area (Å²) in [6.07, 6.45) is 0. The molecule has 1 rings (SSSR count). The zero-order valence-corrected chi connectivity index (χ0v) is 8.30. The number of carbonyl (C=O) groups excluding carboxylic acids is 1. The zero-order valence-electron chi connectivity index (χ0n) is 7.54. The Bertz CT molecular complexity index is 367. The zero-order chi connectivity index (χ0) is 11.6. The van der Waals surface area contributed by atoms with E-state index in [0.29, 0.717) is 5.02 Å². The van der Waals surface area contributed by atoms with Crippen molar-refractivity contribution in [1.82, 2.24) is 0 Å². The smallest absolute Gasteiger partial charge is 0.328 e. The van der Waals surface area contributed by atoms with Crippen LogP contribution in [0.1, 0.15) is 5.56 Å². The van der Waals surface area contributed by atoms with Gasteiger partial charge in [0.2, 0.25) is 0 Å². The second-order valence-electron chi connectivity index (χ2n) is 3.00. The first kappa shape index (κ1) is 11.9. The summed E-state index contributed by atoms with van der Waals surface area (Å²) in [5, 5.41) is 10.6. The molecule has 0 amide bonds. The minimum absolute atomic E-state index is 0.295. The fourth-order valence-corrected chi connectivity index (χ4v) is 1.15. The Morgan fingerprint density at radius 2 is 1.87 bits per heavy atom. The molecule has 0 radical (unpaired) electrons. The molecule has 0 heterocycles. The van der Waals surface area contributed by atoms with E-state index in [9.17, 15) is 18.7 Å². The Hall–Kier alpha value is -1.20. The van der Waals surface area contributed by atoms with E-state index in [1.165, 1.54) is 12.1 Å². The van der Waals surface area contributed by atoms with Gasteiger partial charge in [-0.15, -0.1) is 0 Å². The van der Waals surface area contributed by atoms with Gasteiger partial charge >= 0.3 is 5.92 Å². The Kier molecular flexibility index (Phi) is 3.26. The molecule has 3 N–H and O–H groups in total. The van der Waals surface area contributed by atoms with Crippen LogP contribution in [0.4, 0.5) is 8.78 Å². The van der Waals surface area contributed by atoms with E-state index in [0.717, 1.165) is 12.1 Å². The van der Waals surface area contributed by atoms with E-state index >= 15 is 0 Å².